The van der Waals surface area contributed by atoms with E-state index >= 15 is 0 Å². The molecule has 1 heterocycles. The van der Waals surface area contributed by atoms with Crippen molar-refractivity contribution in [3.8, 4) is 5.75 Å². The molecule has 0 aliphatic carbocycles. The van der Waals surface area contributed by atoms with Gasteiger partial charge in [-0.15, -0.1) is 0 Å². The Morgan fingerprint density at radius 1 is 1.40 bits per heavy atom. The molecule has 0 fully saturated rings. The van der Waals surface area contributed by atoms with Crippen LogP contribution in [0, 0.1) is 0 Å². The minimum absolute atomic E-state index is 0.198. The van der Waals surface area contributed by atoms with E-state index in [0.717, 1.165) is 5.56 Å². The summed E-state index contributed by atoms with van der Waals surface area (Å²) in [6.07, 6.45) is 0.0833. The van der Waals surface area contributed by atoms with Crippen molar-refractivity contribution in [3.63, 3.8) is 0 Å². The van der Waals surface area contributed by atoms with Gasteiger partial charge in [-0.3, -0.25) is 0 Å². The number of hydrogen-bond donors (Lipinski definition) is 1. The second-order valence-electron chi connectivity index (χ2n) is 4.38. The van der Waals surface area contributed by atoms with Crippen LogP contribution < -0.4 is 4.74 Å². The van der Waals surface area contributed by atoms with E-state index in [-0.39, 0.29) is 6.61 Å². The first kappa shape index (κ1) is 14.5. The monoisotopic (exact) mass is 278 g/mol. The molecule has 0 saturated carbocycles. The Morgan fingerprint density at radius 2 is 2.25 bits per heavy atom. The first-order chi connectivity index (χ1) is 9.69. The predicted molar refractivity (Wildman–Crippen MR) is 71.3 cm³/mol. The van der Waals surface area contributed by atoms with E-state index in [1.165, 1.54) is 0 Å². The summed E-state index contributed by atoms with van der Waals surface area (Å²) in [5.41, 5.74) is 0.800. The number of aromatic nitrogens is 2. The number of hydrogen-bond acceptors (Lipinski definition) is 6. The summed E-state index contributed by atoms with van der Waals surface area (Å²) >= 11 is 0. The van der Waals surface area contributed by atoms with Crippen molar-refractivity contribution in [3.05, 3.63) is 41.5 Å². The Balaban J connectivity index is 1.91. The summed E-state index contributed by atoms with van der Waals surface area (Å²) in [7, 11) is 1.62. The van der Waals surface area contributed by atoms with Gasteiger partial charge in [0.05, 0.1) is 12.7 Å². The largest absolute Gasteiger partial charge is 0.484 e. The molecule has 0 aliphatic heterocycles. The zero-order chi connectivity index (χ0) is 14.4. The molecule has 0 saturated heterocycles. The number of benzene rings is 1. The number of methoxy groups -OCH3 is 1. The van der Waals surface area contributed by atoms with E-state index in [0.29, 0.717) is 30.5 Å². The zero-order valence-electron chi connectivity index (χ0n) is 11.6. The van der Waals surface area contributed by atoms with Gasteiger partial charge in [0.1, 0.15) is 5.75 Å². The summed E-state index contributed by atoms with van der Waals surface area (Å²) in [6.45, 7) is 2.46. The molecule has 2 rings (SSSR count). The first-order valence-corrected chi connectivity index (χ1v) is 6.40. The van der Waals surface area contributed by atoms with Crippen LogP contribution in [0.25, 0.3) is 0 Å². The van der Waals surface area contributed by atoms with Crippen LogP contribution in [0.3, 0.4) is 0 Å². The third-order valence-electron chi connectivity index (χ3n) is 2.74. The average Bonchev–Trinajstić information content (AvgIpc) is 2.91. The quantitative estimate of drug-likeness (QED) is 0.833. The molecule has 1 atom stereocenters. The zero-order valence-corrected chi connectivity index (χ0v) is 11.6. The lowest BCUT2D eigenvalue weighted by Crippen LogP contribution is -1.99. The first-order valence-electron chi connectivity index (χ1n) is 6.40. The molecule has 2 aromatic rings. The normalized spacial score (nSPS) is 12.3. The third-order valence-corrected chi connectivity index (χ3v) is 2.74. The lowest BCUT2D eigenvalue weighted by Gasteiger charge is -2.07. The molecule has 1 aromatic heterocycles. The molecular formula is C14H18N2O4. The minimum atomic E-state index is -0.525. The van der Waals surface area contributed by atoms with Gasteiger partial charge in [0.25, 0.3) is 5.89 Å². The number of ether oxygens (including phenoxy) is 2. The smallest absolute Gasteiger partial charge is 0.264 e. The minimum Gasteiger partial charge on any atom is -0.484 e. The topological polar surface area (TPSA) is 77.6 Å². The average molecular weight is 278 g/mol. The van der Waals surface area contributed by atoms with E-state index < -0.39 is 6.10 Å². The van der Waals surface area contributed by atoms with Crippen molar-refractivity contribution in [1.82, 2.24) is 10.1 Å². The van der Waals surface area contributed by atoms with Gasteiger partial charge in [0.15, 0.2) is 12.4 Å². The Bertz CT molecular complexity index is 539. The Morgan fingerprint density at radius 3 is 3.00 bits per heavy atom. The molecule has 6 heteroatoms. The van der Waals surface area contributed by atoms with Gasteiger partial charge >= 0.3 is 0 Å². The number of aliphatic hydroxyl groups is 1. The number of rotatable bonds is 7. The van der Waals surface area contributed by atoms with E-state index in [4.69, 9.17) is 14.0 Å². The van der Waals surface area contributed by atoms with Crippen molar-refractivity contribution < 1.29 is 19.1 Å². The highest BCUT2D eigenvalue weighted by atomic mass is 16.5. The van der Waals surface area contributed by atoms with Crippen LogP contribution in [-0.4, -0.2) is 29.0 Å². The van der Waals surface area contributed by atoms with Gasteiger partial charge < -0.3 is 19.1 Å². The molecule has 0 radical (unpaired) electrons. The van der Waals surface area contributed by atoms with Gasteiger partial charge in [-0.05, 0) is 24.6 Å². The fourth-order valence-corrected chi connectivity index (χ4v) is 1.65. The van der Waals surface area contributed by atoms with Crippen molar-refractivity contribution in [2.75, 3.05) is 13.7 Å². The fourth-order valence-electron chi connectivity index (χ4n) is 1.65. The number of aliphatic hydroxyl groups excluding tert-OH is 1. The van der Waals surface area contributed by atoms with Crippen molar-refractivity contribution in [1.29, 1.82) is 0 Å². The van der Waals surface area contributed by atoms with Gasteiger partial charge in [-0.2, -0.15) is 4.98 Å². The third kappa shape index (κ3) is 4.04. The van der Waals surface area contributed by atoms with Gasteiger partial charge in [-0.1, -0.05) is 17.3 Å². The SMILES string of the molecule is COCCc1noc(COc2cccc(C(C)O)c2)n1. The van der Waals surface area contributed by atoms with Gasteiger partial charge in [-0.25, -0.2) is 0 Å². The lowest BCUT2D eigenvalue weighted by atomic mass is 10.1. The van der Waals surface area contributed by atoms with E-state index in [2.05, 4.69) is 10.1 Å². The summed E-state index contributed by atoms with van der Waals surface area (Å²) in [6, 6.07) is 7.27. The molecule has 6 nitrogen and oxygen atoms in total. The lowest BCUT2D eigenvalue weighted by molar-refractivity contribution is 0.197. The standard InChI is InChI=1S/C14H18N2O4/c1-10(17)11-4-3-5-12(8-11)19-9-14-15-13(16-20-14)6-7-18-2/h3-5,8,10,17H,6-7,9H2,1-2H3. The maximum Gasteiger partial charge on any atom is 0.264 e. The van der Waals surface area contributed by atoms with Crippen molar-refractivity contribution >= 4 is 0 Å². The fraction of sp³-hybridized carbons (Fsp3) is 0.429. The van der Waals surface area contributed by atoms with Gasteiger partial charge in [0.2, 0.25) is 0 Å². The second-order valence-corrected chi connectivity index (χ2v) is 4.38. The summed E-state index contributed by atoms with van der Waals surface area (Å²) < 4.78 is 15.6. The molecule has 20 heavy (non-hydrogen) atoms. The van der Waals surface area contributed by atoms with Crippen LogP contribution in [0.15, 0.2) is 28.8 Å². The van der Waals surface area contributed by atoms with Crippen LogP contribution in [-0.2, 0) is 17.8 Å². The molecule has 1 N–H and O–H groups in total. The Labute approximate surface area is 117 Å². The second kappa shape index (κ2) is 7.02. The van der Waals surface area contributed by atoms with E-state index in [9.17, 15) is 5.11 Å². The molecule has 108 valence electrons. The van der Waals surface area contributed by atoms with Crippen LogP contribution in [0.1, 0.15) is 30.3 Å². The van der Waals surface area contributed by atoms with E-state index in [1.807, 2.05) is 18.2 Å². The van der Waals surface area contributed by atoms with Crippen LogP contribution in [0.5, 0.6) is 5.75 Å². The van der Waals surface area contributed by atoms with E-state index in [1.54, 1.807) is 20.1 Å². The molecular weight excluding hydrogens is 260 g/mol. The maximum absolute atomic E-state index is 9.51. The Hall–Kier alpha value is -1.92. The summed E-state index contributed by atoms with van der Waals surface area (Å²) in [5, 5.41) is 13.3. The molecule has 0 spiro atoms. The van der Waals surface area contributed by atoms with Crippen molar-refractivity contribution in [2.45, 2.75) is 26.1 Å². The maximum atomic E-state index is 9.51. The summed E-state index contributed by atoms with van der Waals surface area (Å²) in [4.78, 5) is 4.19. The van der Waals surface area contributed by atoms with Gasteiger partial charge in [0, 0.05) is 13.5 Å². The van der Waals surface area contributed by atoms with Crippen LogP contribution in [0.4, 0.5) is 0 Å². The summed E-state index contributed by atoms with van der Waals surface area (Å²) in [5.74, 6) is 1.67. The van der Waals surface area contributed by atoms with Crippen molar-refractivity contribution in [2.24, 2.45) is 0 Å². The highest BCUT2D eigenvalue weighted by molar-refractivity contribution is 5.29. The predicted octanol–water partition coefficient (Wildman–Crippen LogP) is 1.89. The van der Waals surface area contributed by atoms with Crippen LogP contribution in [0.2, 0.25) is 0 Å². The van der Waals surface area contributed by atoms with Crippen LogP contribution >= 0.6 is 0 Å². The molecule has 0 aliphatic rings. The highest BCUT2D eigenvalue weighted by Gasteiger charge is 2.08. The molecule has 0 bridgehead atoms. The molecule has 1 aromatic carbocycles. The molecule has 0 amide bonds. The highest BCUT2D eigenvalue weighted by Crippen LogP contribution is 2.19. The number of nitrogens with zero attached hydrogens (tertiary/aromatic N) is 2. The Kier molecular flexibility index (Phi) is 5.09. The molecule has 1 unspecified atom stereocenters.